The van der Waals surface area contributed by atoms with Crippen LogP contribution in [0.5, 0.6) is 5.88 Å². The van der Waals surface area contributed by atoms with Crippen LogP contribution < -0.4 is 10.1 Å². The van der Waals surface area contributed by atoms with Crippen molar-refractivity contribution in [2.75, 3.05) is 0 Å². The number of rotatable bonds is 7. The number of carbonyl (C=O) groups is 1. The molecular formula is C27H24ClN7O2. The third-order valence-corrected chi connectivity index (χ3v) is 6.30. The van der Waals surface area contributed by atoms with E-state index in [0.29, 0.717) is 38.5 Å². The minimum atomic E-state index is -0.955. The lowest BCUT2D eigenvalue weighted by atomic mass is 10.1. The summed E-state index contributed by atoms with van der Waals surface area (Å²) in [6.45, 7) is 5.74. The van der Waals surface area contributed by atoms with Gasteiger partial charge in [-0.25, -0.2) is 15.0 Å². The molecule has 2 atom stereocenters. The van der Waals surface area contributed by atoms with Crippen molar-refractivity contribution < 1.29 is 9.53 Å². The molecule has 9 nitrogen and oxygen atoms in total. The van der Waals surface area contributed by atoms with Crippen LogP contribution in [0.25, 0.3) is 22.1 Å². The Kier molecular flexibility index (Phi) is 6.51. The monoisotopic (exact) mass is 513 g/mol. The van der Waals surface area contributed by atoms with Crippen LogP contribution in [0.15, 0.2) is 67.4 Å². The first-order valence-corrected chi connectivity index (χ1v) is 12.1. The van der Waals surface area contributed by atoms with Crippen molar-refractivity contribution in [2.24, 2.45) is 0 Å². The van der Waals surface area contributed by atoms with Crippen molar-refractivity contribution in [1.29, 1.82) is 5.26 Å². The van der Waals surface area contributed by atoms with E-state index in [1.54, 1.807) is 64.4 Å². The summed E-state index contributed by atoms with van der Waals surface area (Å²) in [4.78, 5) is 27.2. The van der Waals surface area contributed by atoms with Gasteiger partial charge in [0.05, 0.1) is 57.5 Å². The summed E-state index contributed by atoms with van der Waals surface area (Å²) in [7, 11) is 0. The van der Waals surface area contributed by atoms with Crippen LogP contribution in [-0.4, -0.2) is 36.1 Å². The van der Waals surface area contributed by atoms with Gasteiger partial charge in [-0.2, -0.15) is 5.26 Å². The molecule has 10 heteroatoms. The third-order valence-electron chi connectivity index (χ3n) is 6.00. The van der Waals surface area contributed by atoms with Crippen molar-refractivity contribution in [3.05, 3.63) is 83.5 Å². The molecule has 0 aliphatic rings. The largest absolute Gasteiger partial charge is 0.475 e. The molecule has 0 spiro atoms. The number of halogens is 1. The van der Waals surface area contributed by atoms with E-state index < -0.39 is 6.17 Å². The fraction of sp³-hybridized carbons (Fsp3) is 0.222. The Hall–Kier alpha value is -4.42. The predicted octanol–water partition coefficient (Wildman–Crippen LogP) is 5.02. The van der Waals surface area contributed by atoms with E-state index in [1.807, 2.05) is 32.9 Å². The molecule has 1 amide bonds. The van der Waals surface area contributed by atoms with Crippen molar-refractivity contribution in [2.45, 2.75) is 39.1 Å². The van der Waals surface area contributed by atoms with Gasteiger partial charge in [0.25, 0.3) is 5.91 Å². The number of hydrogen-bond donors (Lipinski definition) is 1. The minimum absolute atomic E-state index is 0.0105. The number of ether oxygens (including phenoxy) is 1. The minimum Gasteiger partial charge on any atom is -0.475 e. The molecule has 0 aliphatic heterocycles. The quantitative estimate of drug-likeness (QED) is 0.327. The number of hydrogen-bond acceptors (Lipinski definition) is 6. The van der Waals surface area contributed by atoms with Gasteiger partial charge in [0.1, 0.15) is 6.07 Å². The number of benzene rings is 2. The Morgan fingerprint density at radius 2 is 1.65 bits per heavy atom. The zero-order valence-electron chi connectivity index (χ0n) is 20.5. The number of para-hydroxylation sites is 2. The molecule has 5 rings (SSSR count). The van der Waals surface area contributed by atoms with Crippen molar-refractivity contribution >= 4 is 39.6 Å². The molecule has 0 aliphatic carbocycles. The van der Waals surface area contributed by atoms with Crippen LogP contribution in [-0.2, 0) is 4.79 Å². The van der Waals surface area contributed by atoms with E-state index >= 15 is 0 Å². The van der Waals surface area contributed by atoms with Crippen LogP contribution in [0.3, 0.4) is 0 Å². The maximum Gasteiger partial charge on any atom is 0.264 e. The first kappa shape index (κ1) is 24.3. The van der Waals surface area contributed by atoms with Gasteiger partial charge < -0.3 is 10.1 Å². The molecule has 0 bridgehead atoms. The molecule has 5 aromatic rings. The number of carbonyl (C=O) groups excluding carboxylic acids is 1. The summed E-state index contributed by atoms with van der Waals surface area (Å²) in [6.07, 6.45) is 3.87. The molecule has 2 unspecified atom stereocenters. The molecule has 1 N–H and O–H groups in total. The van der Waals surface area contributed by atoms with Gasteiger partial charge in [0.2, 0.25) is 5.88 Å². The number of nitrogens with zero attached hydrogens (tertiary/aromatic N) is 6. The Balaban J connectivity index is 1.57. The topological polar surface area (TPSA) is 111 Å². The SMILES string of the molecule is CC(C)Oc1ccc(C(C)NC(=O)C(n2cnc3cccc(Cl)c32)n2cnc3cccc(C#N)c32)cn1. The molecule has 186 valence electrons. The number of nitriles is 1. The average molecular weight is 514 g/mol. The maximum atomic E-state index is 14.0. The normalized spacial score (nSPS) is 13.0. The number of pyridine rings is 1. The van der Waals surface area contributed by atoms with Gasteiger partial charge >= 0.3 is 0 Å². The number of nitrogens with one attached hydrogen (secondary N) is 1. The Morgan fingerprint density at radius 1 is 0.973 bits per heavy atom. The van der Waals surface area contributed by atoms with Crippen molar-refractivity contribution in [3.63, 3.8) is 0 Å². The lowest BCUT2D eigenvalue weighted by molar-refractivity contribution is -0.125. The third kappa shape index (κ3) is 4.59. The predicted molar refractivity (Wildman–Crippen MR) is 140 cm³/mol. The number of amides is 1. The van der Waals surface area contributed by atoms with Gasteiger partial charge in [-0.05, 0) is 50.6 Å². The summed E-state index contributed by atoms with van der Waals surface area (Å²) in [5.74, 6) is 0.185. The molecular weight excluding hydrogens is 490 g/mol. The van der Waals surface area contributed by atoms with Crippen LogP contribution in [0.4, 0.5) is 0 Å². The summed E-state index contributed by atoms with van der Waals surface area (Å²) in [5, 5.41) is 13.3. The summed E-state index contributed by atoms with van der Waals surface area (Å²) in [6, 6.07) is 16.1. The molecule has 3 aromatic heterocycles. The molecule has 0 radical (unpaired) electrons. The highest BCUT2D eigenvalue weighted by Gasteiger charge is 2.29. The van der Waals surface area contributed by atoms with Gasteiger partial charge in [-0.3, -0.25) is 13.9 Å². The second-order valence-electron chi connectivity index (χ2n) is 8.90. The summed E-state index contributed by atoms with van der Waals surface area (Å²) in [5.41, 5.74) is 3.61. The number of fused-ring (bicyclic) bond motifs is 2. The highest BCUT2D eigenvalue weighted by molar-refractivity contribution is 6.35. The fourth-order valence-corrected chi connectivity index (χ4v) is 4.58. The zero-order chi connectivity index (χ0) is 26.1. The highest BCUT2D eigenvalue weighted by atomic mass is 35.5. The molecule has 3 heterocycles. The summed E-state index contributed by atoms with van der Waals surface area (Å²) >= 11 is 6.55. The molecule has 0 saturated heterocycles. The Bertz CT molecular complexity index is 1630. The van der Waals surface area contributed by atoms with E-state index in [0.717, 1.165) is 5.56 Å². The highest BCUT2D eigenvalue weighted by Crippen LogP contribution is 2.30. The van der Waals surface area contributed by atoms with Crippen molar-refractivity contribution in [3.8, 4) is 11.9 Å². The second-order valence-corrected chi connectivity index (χ2v) is 9.30. The Labute approximate surface area is 218 Å². The zero-order valence-corrected chi connectivity index (χ0v) is 21.2. The maximum absolute atomic E-state index is 14.0. The van der Waals surface area contributed by atoms with Gasteiger partial charge in [-0.15, -0.1) is 0 Å². The van der Waals surface area contributed by atoms with Gasteiger partial charge in [0, 0.05) is 12.3 Å². The van der Waals surface area contributed by atoms with E-state index in [1.165, 1.54) is 0 Å². The summed E-state index contributed by atoms with van der Waals surface area (Å²) < 4.78 is 9.00. The van der Waals surface area contributed by atoms with Crippen LogP contribution in [0.1, 0.15) is 44.1 Å². The second kappa shape index (κ2) is 9.91. The number of imidazole rings is 2. The lowest BCUT2D eigenvalue weighted by Crippen LogP contribution is -2.37. The number of aromatic nitrogens is 5. The first-order valence-electron chi connectivity index (χ1n) is 11.8. The average Bonchev–Trinajstić information content (AvgIpc) is 3.50. The first-order chi connectivity index (χ1) is 17.9. The molecule has 0 saturated carbocycles. The Morgan fingerprint density at radius 3 is 2.30 bits per heavy atom. The van der Waals surface area contributed by atoms with E-state index in [9.17, 15) is 10.1 Å². The lowest BCUT2D eigenvalue weighted by Gasteiger charge is -2.24. The van der Waals surface area contributed by atoms with Gasteiger partial charge in [0.15, 0.2) is 6.17 Å². The van der Waals surface area contributed by atoms with Crippen molar-refractivity contribution in [1.82, 2.24) is 29.4 Å². The molecule has 37 heavy (non-hydrogen) atoms. The van der Waals surface area contributed by atoms with Crippen LogP contribution >= 0.6 is 11.6 Å². The smallest absolute Gasteiger partial charge is 0.264 e. The molecule has 0 fully saturated rings. The van der Waals surface area contributed by atoms with E-state index in [-0.39, 0.29) is 18.1 Å². The van der Waals surface area contributed by atoms with Crippen LogP contribution in [0, 0.1) is 11.3 Å². The standard InChI is InChI=1S/C27H24ClN7O2/c1-16(2)37-23-11-10-19(13-30-23)17(3)33-26(36)27(35-15-32-22-9-5-7-20(28)25(22)35)34-14-31-21-8-4-6-18(12-29)24(21)34/h4-11,13-17,27H,1-3H3,(H,33,36). The van der Waals surface area contributed by atoms with E-state index in [4.69, 9.17) is 16.3 Å². The van der Waals surface area contributed by atoms with Gasteiger partial charge in [-0.1, -0.05) is 29.8 Å². The fourth-order valence-electron chi connectivity index (χ4n) is 4.31. The molecule has 2 aromatic carbocycles. The van der Waals surface area contributed by atoms with E-state index in [2.05, 4.69) is 26.3 Å². The van der Waals surface area contributed by atoms with Crippen LogP contribution in [0.2, 0.25) is 5.02 Å².